The molecular formula is C20H27N3O6. The summed E-state index contributed by atoms with van der Waals surface area (Å²) in [6.07, 6.45) is 0.791. The molecule has 0 radical (unpaired) electrons. The van der Waals surface area contributed by atoms with E-state index in [2.05, 4.69) is 10.6 Å². The standard InChI is InChI=1S/C20H27N3O6/c1-4-7-21-17(24)10-22-18(25)12-29-20(27)14-9-19(26)23(11-14)15-8-13(2)5-6-16(15)28-3/h5-6,8,14H,4,7,9-12H2,1-3H3,(H,21,24)(H,22,25)/t14-/m1/s1. The average molecular weight is 405 g/mol. The van der Waals surface area contributed by atoms with Crippen LogP contribution in [0.1, 0.15) is 25.3 Å². The maximum Gasteiger partial charge on any atom is 0.311 e. The van der Waals surface area contributed by atoms with Crippen molar-refractivity contribution >= 4 is 29.4 Å². The number of ether oxygens (including phenoxy) is 2. The molecule has 9 heteroatoms. The van der Waals surface area contributed by atoms with Crippen LogP contribution in [0.25, 0.3) is 0 Å². The molecule has 0 saturated carbocycles. The smallest absolute Gasteiger partial charge is 0.311 e. The fourth-order valence-corrected chi connectivity index (χ4v) is 2.92. The number of aryl methyl sites for hydroxylation is 1. The molecule has 0 aromatic heterocycles. The lowest BCUT2D eigenvalue weighted by atomic mass is 10.1. The van der Waals surface area contributed by atoms with E-state index in [0.29, 0.717) is 18.0 Å². The van der Waals surface area contributed by atoms with Gasteiger partial charge in [-0.15, -0.1) is 0 Å². The number of nitrogens with one attached hydrogen (secondary N) is 2. The Labute approximate surface area is 169 Å². The van der Waals surface area contributed by atoms with E-state index >= 15 is 0 Å². The lowest BCUT2D eigenvalue weighted by Gasteiger charge is -2.20. The summed E-state index contributed by atoms with van der Waals surface area (Å²) in [5, 5.41) is 5.00. The maximum absolute atomic E-state index is 12.4. The van der Waals surface area contributed by atoms with Crippen LogP contribution < -0.4 is 20.3 Å². The molecule has 1 aliphatic heterocycles. The second kappa shape index (κ2) is 10.4. The van der Waals surface area contributed by atoms with E-state index in [-0.39, 0.29) is 31.3 Å². The molecule has 1 atom stereocenters. The zero-order valence-corrected chi connectivity index (χ0v) is 16.9. The average Bonchev–Trinajstić information content (AvgIpc) is 3.10. The first kappa shape index (κ1) is 22.2. The summed E-state index contributed by atoms with van der Waals surface area (Å²) < 4.78 is 10.3. The summed E-state index contributed by atoms with van der Waals surface area (Å²) in [7, 11) is 1.52. The minimum atomic E-state index is -0.673. The van der Waals surface area contributed by atoms with Gasteiger partial charge in [-0.05, 0) is 31.0 Å². The third kappa shape index (κ3) is 6.20. The van der Waals surface area contributed by atoms with Gasteiger partial charge in [0.2, 0.25) is 11.8 Å². The highest BCUT2D eigenvalue weighted by atomic mass is 16.5. The van der Waals surface area contributed by atoms with Crippen LogP contribution in [0.5, 0.6) is 5.75 Å². The van der Waals surface area contributed by atoms with Crippen LogP contribution in [0.2, 0.25) is 0 Å². The van der Waals surface area contributed by atoms with E-state index in [0.717, 1.165) is 12.0 Å². The van der Waals surface area contributed by atoms with Gasteiger partial charge in [0.05, 0.1) is 25.3 Å². The van der Waals surface area contributed by atoms with Crippen molar-refractivity contribution in [3.05, 3.63) is 23.8 Å². The van der Waals surface area contributed by atoms with Gasteiger partial charge in [0.25, 0.3) is 5.91 Å². The molecule has 1 heterocycles. The Morgan fingerprint density at radius 3 is 2.66 bits per heavy atom. The van der Waals surface area contributed by atoms with Crippen LogP contribution in [-0.4, -0.2) is 57.0 Å². The van der Waals surface area contributed by atoms with Gasteiger partial charge in [0.15, 0.2) is 6.61 Å². The number of anilines is 1. The third-order valence-corrected chi connectivity index (χ3v) is 4.45. The van der Waals surface area contributed by atoms with Crippen LogP contribution in [-0.2, 0) is 23.9 Å². The van der Waals surface area contributed by atoms with E-state index in [9.17, 15) is 19.2 Å². The fourth-order valence-electron chi connectivity index (χ4n) is 2.92. The molecule has 29 heavy (non-hydrogen) atoms. The Bertz CT molecular complexity index is 779. The molecule has 1 aromatic carbocycles. The quantitative estimate of drug-likeness (QED) is 0.580. The molecule has 0 aliphatic carbocycles. The zero-order chi connectivity index (χ0) is 21.4. The lowest BCUT2D eigenvalue weighted by molar-refractivity contribution is -0.152. The second-order valence-electron chi connectivity index (χ2n) is 6.82. The van der Waals surface area contributed by atoms with E-state index in [4.69, 9.17) is 9.47 Å². The first-order valence-corrected chi connectivity index (χ1v) is 9.50. The highest BCUT2D eigenvalue weighted by molar-refractivity contribution is 6.00. The van der Waals surface area contributed by atoms with Gasteiger partial charge in [0, 0.05) is 19.5 Å². The molecule has 9 nitrogen and oxygen atoms in total. The Kier molecular flexibility index (Phi) is 7.99. The van der Waals surface area contributed by atoms with Gasteiger partial charge in [-0.1, -0.05) is 13.0 Å². The number of rotatable bonds is 9. The normalized spacial score (nSPS) is 15.8. The molecule has 158 valence electrons. The predicted molar refractivity (Wildman–Crippen MR) is 105 cm³/mol. The van der Waals surface area contributed by atoms with Crippen LogP contribution >= 0.6 is 0 Å². The number of benzene rings is 1. The van der Waals surface area contributed by atoms with Gasteiger partial charge in [-0.3, -0.25) is 19.2 Å². The molecule has 2 N–H and O–H groups in total. The van der Waals surface area contributed by atoms with Crippen LogP contribution in [0, 0.1) is 12.8 Å². The number of carbonyl (C=O) groups excluding carboxylic acids is 4. The van der Waals surface area contributed by atoms with Crippen molar-refractivity contribution in [2.75, 3.05) is 38.3 Å². The topological polar surface area (TPSA) is 114 Å². The van der Waals surface area contributed by atoms with Gasteiger partial charge in [0.1, 0.15) is 5.75 Å². The molecule has 0 bridgehead atoms. The molecule has 1 fully saturated rings. The van der Waals surface area contributed by atoms with Crippen molar-refractivity contribution < 1.29 is 28.7 Å². The summed E-state index contributed by atoms with van der Waals surface area (Å²) in [6.45, 7) is 3.82. The number of hydrogen-bond acceptors (Lipinski definition) is 6. The molecule has 2 rings (SSSR count). The molecule has 1 saturated heterocycles. The monoisotopic (exact) mass is 405 g/mol. The summed E-state index contributed by atoms with van der Waals surface area (Å²) in [5.41, 5.74) is 1.56. The fraction of sp³-hybridized carbons (Fsp3) is 0.500. The van der Waals surface area contributed by atoms with Crippen LogP contribution in [0.15, 0.2) is 18.2 Å². The Hall–Kier alpha value is -3.10. The number of methoxy groups -OCH3 is 1. The Morgan fingerprint density at radius 2 is 1.97 bits per heavy atom. The number of amides is 3. The molecule has 3 amide bonds. The first-order chi connectivity index (χ1) is 13.8. The number of carbonyl (C=O) groups is 4. The second-order valence-corrected chi connectivity index (χ2v) is 6.82. The van der Waals surface area contributed by atoms with Crippen molar-refractivity contribution in [2.24, 2.45) is 5.92 Å². The number of nitrogens with zero attached hydrogens (tertiary/aromatic N) is 1. The summed E-state index contributed by atoms with van der Waals surface area (Å²) in [4.78, 5) is 49.4. The van der Waals surface area contributed by atoms with E-state index in [1.807, 2.05) is 26.0 Å². The van der Waals surface area contributed by atoms with Gasteiger partial charge in [-0.25, -0.2) is 0 Å². The van der Waals surface area contributed by atoms with Crippen molar-refractivity contribution in [1.82, 2.24) is 10.6 Å². The van der Waals surface area contributed by atoms with E-state index < -0.39 is 24.4 Å². The number of esters is 1. The van der Waals surface area contributed by atoms with E-state index in [1.54, 1.807) is 6.07 Å². The van der Waals surface area contributed by atoms with Crippen molar-refractivity contribution in [1.29, 1.82) is 0 Å². The highest BCUT2D eigenvalue weighted by Crippen LogP contribution is 2.34. The first-order valence-electron chi connectivity index (χ1n) is 9.50. The molecular weight excluding hydrogens is 378 g/mol. The van der Waals surface area contributed by atoms with E-state index in [1.165, 1.54) is 12.0 Å². The largest absolute Gasteiger partial charge is 0.495 e. The molecule has 1 aliphatic rings. The minimum absolute atomic E-state index is 0.00300. The highest BCUT2D eigenvalue weighted by Gasteiger charge is 2.37. The Morgan fingerprint density at radius 1 is 1.21 bits per heavy atom. The van der Waals surface area contributed by atoms with Gasteiger partial charge in [-0.2, -0.15) is 0 Å². The lowest BCUT2D eigenvalue weighted by Crippen LogP contribution is -2.39. The molecule has 0 spiro atoms. The molecule has 0 unspecified atom stereocenters. The van der Waals surface area contributed by atoms with Crippen molar-refractivity contribution in [3.63, 3.8) is 0 Å². The van der Waals surface area contributed by atoms with Gasteiger partial charge >= 0.3 is 5.97 Å². The van der Waals surface area contributed by atoms with Crippen molar-refractivity contribution in [3.8, 4) is 5.75 Å². The number of hydrogen-bond donors (Lipinski definition) is 2. The van der Waals surface area contributed by atoms with Crippen LogP contribution in [0.3, 0.4) is 0 Å². The SMILES string of the molecule is CCCNC(=O)CNC(=O)COC(=O)[C@@H]1CC(=O)N(c2cc(C)ccc2OC)C1. The summed E-state index contributed by atoms with van der Waals surface area (Å²) >= 11 is 0. The zero-order valence-electron chi connectivity index (χ0n) is 16.9. The van der Waals surface area contributed by atoms with Gasteiger partial charge < -0.3 is 25.0 Å². The summed E-state index contributed by atoms with van der Waals surface area (Å²) in [5.74, 6) is -1.86. The third-order valence-electron chi connectivity index (χ3n) is 4.45. The minimum Gasteiger partial charge on any atom is -0.495 e. The maximum atomic E-state index is 12.4. The molecule has 1 aromatic rings. The van der Waals surface area contributed by atoms with Crippen LogP contribution in [0.4, 0.5) is 5.69 Å². The Balaban J connectivity index is 1.85. The van der Waals surface area contributed by atoms with Crippen molar-refractivity contribution in [2.45, 2.75) is 26.7 Å². The summed E-state index contributed by atoms with van der Waals surface area (Å²) in [6, 6.07) is 5.46. The predicted octanol–water partition coefficient (Wildman–Crippen LogP) is 0.542.